The summed E-state index contributed by atoms with van der Waals surface area (Å²) in [5.41, 5.74) is 7.18. The summed E-state index contributed by atoms with van der Waals surface area (Å²) in [7, 11) is 0. The molecule has 98 valence electrons. The Morgan fingerprint density at radius 2 is 2.11 bits per heavy atom. The minimum Gasteiger partial charge on any atom is -0.397 e. The normalized spacial score (nSPS) is 10.3. The minimum atomic E-state index is -0.379. The molecule has 0 spiro atoms. The second-order valence-corrected chi connectivity index (χ2v) is 5.11. The molecule has 5 nitrogen and oxygen atoms in total. The van der Waals surface area contributed by atoms with Crippen molar-refractivity contribution in [1.29, 1.82) is 0 Å². The lowest BCUT2D eigenvalue weighted by Gasteiger charge is -2.08. The first kappa shape index (κ1) is 13.8. The van der Waals surface area contributed by atoms with E-state index in [0.29, 0.717) is 5.82 Å². The standard InChI is InChI=1S/C12H10BrClN4O/c1-6-2-11(17-4-8(6)13)18-12(19)7-3-10(14)16-5-9(7)15/h2-5H,15H2,1H3,(H,17,18,19). The molecule has 0 aliphatic carbocycles. The van der Waals surface area contributed by atoms with E-state index in [0.717, 1.165) is 10.0 Å². The molecule has 2 aromatic heterocycles. The summed E-state index contributed by atoms with van der Waals surface area (Å²) < 4.78 is 0.872. The fourth-order valence-electron chi connectivity index (χ4n) is 1.43. The number of aryl methyl sites for hydroxylation is 1. The van der Waals surface area contributed by atoms with Gasteiger partial charge in [-0.25, -0.2) is 9.97 Å². The van der Waals surface area contributed by atoms with Gasteiger partial charge in [0.15, 0.2) is 0 Å². The number of nitrogens with two attached hydrogens (primary N) is 1. The van der Waals surface area contributed by atoms with E-state index < -0.39 is 0 Å². The van der Waals surface area contributed by atoms with Gasteiger partial charge in [-0.05, 0) is 40.5 Å². The van der Waals surface area contributed by atoms with Crippen LogP contribution in [0.4, 0.5) is 11.5 Å². The second-order valence-electron chi connectivity index (χ2n) is 3.87. The smallest absolute Gasteiger partial charge is 0.259 e. The maximum atomic E-state index is 12.1. The Morgan fingerprint density at radius 1 is 1.37 bits per heavy atom. The zero-order valence-corrected chi connectivity index (χ0v) is 12.3. The zero-order chi connectivity index (χ0) is 14.0. The third-order valence-corrected chi connectivity index (χ3v) is 3.47. The quantitative estimate of drug-likeness (QED) is 0.823. The predicted molar refractivity (Wildman–Crippen MR) is 78.3 cm³/mol. The van der Waals surface area contributed by atoms with Crippen molar-refractivity contribution in [2.45, 2.75) is 6.92 Å². The van der Waals surface area contributed by atoms with Gasteiger partial charge in [0.2, 0.25) is 0 Å². The highest BCUT2D eigenvalue weighted by Crippen LogP contribution is 2.19. The van der Waals surface area contributed by atoms with Crippen molar-refractivity contribution in [3.05, 3.63) is 45.3 Å². The van der Waals surface area contributed by atoms with Crippen LogP contribution in [-0.2, 0) is 0 Å². The van der Waals surface area contributed by atoms with Crippen molar-refractivity contribution in [2.24, 2.45) is 0 Å². The minimum absolute atomic E-state index is 0.208. The van der Waals surface area contributed by atoms with Gasteiger partial charge < -0.3 is 11.1 Å². The average Bonchev–Trinajstić information content (AvgIpc) is 2.36. The molecule has 3 N–H and O–H groups in total. The number of nitrogen functional groups attached to an aromatic ring is 1. The molecule has 0 atom stereocenters. The topological polar surface area (TPSA) is 80.9 Å². The fraction of sp³-hybridized carbons (Fsp3) is 0.0833. The molecule has 0 saturated heterocycles. The molecule has 0 aliphatic heterocycles. The summed E-state index contributed by atoms with van der Waals surface area (Å²) in [5.74, 6) is 0.0639. The molecule has 2 rings (SSSR count). The van der Waals surface area contributed by atoms with Gasteiger partial charge in [-0.1, -0.05) is 11.6 Å². The van der Waals surface area contributed by atoms with Crippen LogP contribution in [0, 0.1) is 6.92 Å². The van der Waals surface area contributed by atoms with E-state index in [2.05, 4.69) is 31.2 Å². The molecule has 0 saturated carbocycles. The van der Waals surface area contributed by atoms with Crippen molar-refractivity contribution in [2.75, 3.05) is 11.1 Å². The predicted octanol–water partition coefficient (Wildman–Crippen LogP) is 3.04. The molecule has 19 heavy (non-hydrogen) atoms. The lowest BCUT2D eigenvalue weighted by molar-refractivity contribution is 0.102. The molecular weight excluding hydrogens is 332 g/mol. The number of hydrogen-bond acceptors (Lipinski definition) is 4. The molecule has 1 amide bonds. The molecule has 0 fully saturated rings. The van der Waals surface area contributed by atoms with Crippen LogP contribution in [0.15, 0.2) is 29.0 Å². The number of amides is 1. The number of halogens is 2. The van der Waals surface area contributed by atoms with Crippen LogP contribution in [0.3, 0.4) is 0 Å². The molecule has 0 bridgehead atoms. The Balaban J connectivity index is 2.25. The summed E-state index contributed by atoms with van der Waals surface area (Å²) in [6.45, 7) is 1.90. The van der Waals surface area contributed by atoms with E-state index >= 15 is 0 Å². The Morgan fingerprint density at radius 3 is 2.79 bits per heavy atom. The van der Waals surface area contributed by atoms with Gasteiger partial charge >= 0.3 is 0 Å². The lowest BCUT2D eigenvalue weighted by Crippen LogP contribution is -2.15. The van der Waals surface area contributed by atoms with E-state index in [1.807, 2.05) is 6.92 Å². The van der Waals surface area contributed by atoms with Crippen LogP contribution < -0.4 is 11.1 Å². The van der Waals surface area contributed by atoms with Crippen LogP contribution in [-0.4, -0.2) is 15.9 Å². The van der Waals surface area contributed by atoms with Crippen molar-refractivity contribution in [1.82, 2.24) is 9.97 Å². The van der Waals surface area contributed by atoms with Gasteiger partial charge in [-0.15, -0.1) is 0 Å². The van der Waals surface area contributed by atoms with Crippen molar-refractivity contribution >= 4 is 44.9 Å². The number of rotatable bonds is 2. The Labute approximate surface area is 123 Å². The van der Waals surface area contributed by atoms with Gasteiger partial charge in [0.05, 0.1) is 17.4 Å². The Hall–Kier alpha value is -1.66. The summed E-state index contributed by atoms with van der Waals surface area (Å²) in [4.78, 5) is 19.9. The zero-order valence-electron chi connectivity index (χ0n) is 9.95. The number of carbonyl (C=O) groups is 1. The van der Waals surface area contributed by atoms with Crippen molar-refractivity contribution in [3.8, 4) is 0 Å². The first-order valence-electron chi connectivity index (χ1n) is 5.32. The number of carbonyl (C=O) groups excluding carboxylic acids is 1. The summed E-state index contributed by atoms with van der Waals surface area (Å²) in [6.07, 6.45) is 2.96. The molecule has 7 heteroatoms. The molecule has 0 radical (unpaired) electrons. The van der Waals surface area contributed by atoms with Crippen LogP contribution >= 0.6 is 27.5 Å². The summed E-state index contributed by atoms with van der Waals surface area (Å²) >= 11 is 9.08. The number of pyridine rings is 2. The Bertz CT molecular complexity index is 648. The number of hydrogen-bond donors (Lipinski definition) is 2. The van der Waals surface area contributed by atoms with E-state index in [1.54, 1.807) is 12.3 Å². The van der Waals surface area contributed by atoms with E-state index in [-0.39, 0.29) is 22.3 Å². The molecule has 0 aliphatic rings. The summed E-state index contributed by atoms with van der Waals surface area (Å²) in [6, 6.07) is 3.17. The monoisotopic (exact) mass is 340 g/mol. The van der Waals surface area contributed by atoms with Crippen LogP contribution in [0.5, 0.6) is 0 Å². The van der Waals surface area contributed by atoms with Gasteiger partial charge in [-0.2, -0.15) is 0 Å². The number of aromatic nitrogens is 2. The highest BCUT2D eigenvalue weighted by Gasteiger charge is 2.12. The van der Waals surface area contributed by atoms with Crippen LogP contribution in [0.2, 0.25) is 5.15 Å². The van der Waals surface area contributed by atoms with Gasteiger partial charge in [0.25, 0.3) is 5.91 Å². The first-order valence-corrected chi connectivity index (χ1v) is 6.49. The fourth-order valence-corrected chi connectivity index (χ4v) is 1.80. The number of anilines is 2. The summed E-state index contributed by atoms with van der Waals surface area (Å²) in [5, 5.41) is 2.86. The third-order valence-electron chi connectivity index (χ3n) is 2.43. The maximum absolute atomic E-state index is 12.1. The first-order chi connectivity index (χ1) is 8.97. The average molecular weight is 342 g/mol. The third kappa shape index (κ3) is 3.21. The maximum Gasteiger partial charge on any atom is 0.259 e. The second kappa shape index (κ2) is 5.54. The molecule has 0 aromatic carbocycles. The van der Waals surface area contributed by atoms with E-state index in [1.165, 1.54) is 12.3 Å². The van der Waals surface area contributed by atoms with E-state index in [4.69, 9.17) is 17.3 Å². The number of nitrogens with zero attached hydrogens (tertiary/aromatic N) is 2. The van der Waals surface area contributed by atoms with Crippen LogP contribution in [0.1, 0.15) is 15.9 Å². The van der Waals surface area contributed by atoms with Crippen LogP contribution in [0.25, 0.3) is 0 Å². The highest BCUT2D eigenvalue weighted by atomic mass is 79.9. The van der Waals surface area contributed by atoms with Gasteiger partial charge in [-0.3, -0.25) is 4.79 Å². The number of nitrogens with one attached hydrogen (secondary N) is 1. The molecular formula is C12H10BrClN4O. The van der Waals surface area contributed by atoms with Crippen molar-refractivity contribution in [3.63, 3.8) is 0 Å². The molecule has 2 aromatic rings. The molecule has 0 unspecified atom stereocenters. The van der Waals surface area contributed by atoms with Gasteiger partial charge in [0.1, 0.15) is 11.0 Å². The Kier molecular flexibility index (Phi) is 4.01. The largest absolute Gasteiger partial charge is 0.397 e. The molecule has 2 heterocycles. The van der Waals surface area contributed by atoms with Crippen molar-refractivity contribution < 1.29 is 4.79 Å². The van der Waals surface area contributed by atoms with E-state index in [9.17, 15) is 4.79 Å². The van der Waals surface area contributed by atoms with Gasteiger partial charge in [0, 0.05) is 10.7 Å². The SMILES string of the molecule is Cc1cc(NC(=O)c2cc(Cl)ncc2N)ncc1Br. The lowest BCUT2D eigenvalue weighted by atomic mass is 10.2. The highest BCUT2D eigenvalue weighted by molar-refractivity contribution is 9.10.